The molecule has 0 amide bonds. The van der Waals surface area contributed by atoms with E-state index >= 15 is 0 Å². The molecule has 0 aliphatic heterocycles. The van der Waals surface area contributed by atoms with E-state index in [0.717, 1.165) is 21.8 Å². The van der Waals surface area contributed by atoms with Gasteiger partial charge in [0.2, 0.25) is 0 Å². The number of hydrogen-bond donors (Lipinski definition) is 0. The molecule has 27 heavy (non-hydrogen) atoms. The van der Waals surface area contributed by atoms with Crippen LogP contribution >= 0.6 is 11.3 Å². The lowest BCUT2D eigenvalue weighted by Crippen LogP contribution is -2.08. The largest absolute Gasteiger partial charge is 0.461 e. The number of rotatable bonds is 6. The Labute approximate surface area is 159 Å². The summed E-state index contributed by atoms with van der Waals surface area (Å²) in [6.45, 7) is 0.295. The summed E-state index contributed by atoms with van der Waals surface area (Å²) in [4.78, 5) is 16.6. The van der Waals surface area contributed by atoms with Gasteiger partial charge in [-0.2, -0.15) is 10.2 Å². The van der Waals surface area contributed by atoms with Crippen molar-refractivity contribution in [1.82, 2.24) is 24.5 Å². The number of carbonyl (C=O) groups is 1. The number of aromatic nitrogens is 5. The van der Waals surface area contributed by atoms with E-state index in [2.05, 4.69) is 15.2 Å². The van der Waals surface area contributed by atoms with E-state index < -0.39 is 5.97 Å². The fraction of sp³-hybridized carbons (Fsp3) is 0.158. The van der Waals surface area contributed by atoms with Gasteiger partial charge in [-0.15, -0.1) is 11.3 Å². The molecule has 0 atom stereocenters. The van der Waals surface area contributed by atoms with E-state index in [1.807, 2.05) is 49.8 Å². The molecule has 0 bridgehead atoms. The third-order valence-corrected chi connectivity index (χ3v) is 4.84. The summed E-state index contributed by atoms with van der Waals surface area (Å²) >= 11 is 1.39. The normalized spacial score (nSPS) is 10.9. The van der Waals surface area contributed by atoms with Gasteiger partial charge in [0.1, 0.15) is 5.01 Å². The molecule has 0 aliphatic carbocycles. The second kappa shape index (κ2) is 7.55. The van der Waals surface area contributed by atoms with Gasteiger partial charge in [-0.1, -0.05) is 18.2 Å². The van der Waals surface area contributed by atoms with E-state index in [0.29, 0.717) is 18.7 Å². The summed E-state index contributed by atoms with van der Waals surface area (Å²) in [5.41, 5.74) is 3.17. The van der Waals surface area contributed by atoms with E-state index in [4.69, 9.17) is 4.74 Å². The summed E-state index contributed by atoms with van der Waals surface area (Å²) in [7, 11) is 1.85. The summed E-state index contributed by atoms with van der Waals surface area (Å²) in [5.74, 6) is -0.420. The van der Waals surface area contributed by atoms with Crippen LogP contribution in [0.2, 0.25) is 0 Å². The van der Waals surface area contributed by atoms with Crippen molar-refractivity contribution in [3.8, 4) is 16.3 Å². The van der Waals surface area contributed by atoms with Crippen LogP contribution < -0.4 is 0 Å². The number of thiazole rings is 1. The molecule has 136 valence electrons. The Kier molecular flexibility index (Phi) is 4.80. The third kappa shape index (κ3) is 3.95. The van der Waals surface area contributed by atoms with Crippen LogP contribution in [0.4, 0.5) is 0 Å². The van der Waals surface area contributed by atoms with Crippen LogP contribution in [0, 0.1) is 0 Å². The van der Waals surface area contributed by atoms with Crippen molar-refractivity contribution in [2.75, 3.05) is 6.61 Å². The van der Waals surface area contributed by atoms with Crippen molar-refractivity contribution in [1.29, 1.82) is 0 Å². The molecule has 0 spiro atoms. The van der Waals surface area contributed by atoms with E-state index in [1.54, 1.807) is 27.1 Å². The number of esters is 1. The predicted octanol–water partition coefficient (Wildman–Crippen LogP) is 3.13. The zero-order chi connectivity index (χ0) is 18.6. The van der Waals surface area contributed by atoms with E-state index in [9.17, 15) is 4.79 Å². The molecular formula is C19H17N5O2S. The number of aryl methyl sites for hydroxylation is 1. The molecule has 3 heterocycles. The highest BCUT2D eigenvalue weighted by Gasteiger charge is 2.14. The Morgan fingerprint density at radius 2 is 2.00 bits per heavy atom. The van der Waals surface area contributed by atoms with Gasteiger partial charge in [-0.25, -0.2) is 14.5 Å². The van der Waals surface area contributed by atoms with Gasteiger partial charge in [-0.3, -0.25) is 4.68 Å². The Morgan fingerprint density at radius 1 is 1.15 bits per heavy atom. The second-order valence-electron chi connectivity index (χ2n) is 5.96. The maximum atomic E-state index is 12.2. The highest BCUT2D eigenvalue weighted by Crippen LogP contribution is 2.24. The highest BCUT2D eigenvalue weighted by atomic mass is 32.1. The van der Waals surface area contributed by atoms with Gasteiger partial charge in [-0.05, 0) is 17.7 Å². The van der Waals surface area contributed by atoms with Crippen LogP contribution in [0.15, 0.2) is 60.5 Å². The maximum absolute atomic E-state index is 12.2. The zero-order valence-electron chi connectivity index (χ0n) is 14.6. The zero-order valence-corrected chi connectivity index (χ0v) is 15.5. The number of nitrogens with zero attached hydrogens (tertiary/aromatic N) is 5. The van der Waals surface area contributed by atoms with Gasteiger partial charge in [0.15, 0.2) is 5.69 Å². The Hall–Kier alpha value is -3.26. The molecule has 4 aromatic rings. The molecule has 7 nitrogen and oxygen atoms in total. The summed E-state index contributed by atoms with van der Waals surface area (Å²) < 4.78 is 8.81. The van der Waals surface area contributed by atoms with Crippen LogP contribution in [0.3, 0.4) is 0 Å². The SMILES string of the molecule is Cn1cc(CCOC(=O)c2csc(-c3cnn(-c4ccccc4)c3)n2)cn1. The lowest BCUT2D eigenvalue weighted by Gasteiger charge is -2.01. The Balaban J connectivity index is 1.39. The fourth-order valence-electron chi connectivity index (χ4n) is 2.59. The Bertz CT molecular complexity index is 1050. The number of hydrogen-bond acceptors (Lipinski definition) is 6. The number of ether oxygens (including phenoxy) is 1. The first-order valence-corrected chi connectivity index (χ1v) is 9.27. The molecule has 0 aliphatic rings. The van der Waals surface area contributed by atoms with E-state index in [1.165, 1.54) is 11.3 Å². The molecule has 0 saturated heterocycles. The minimum atomic E-state index is -0.420. The molecule has 0 saturated carbocycles. The molecule has 0 radical (unpaired) electrons. The number of para-hydroxylation sites is 1. The molecule has 0 unspecified atom stereocenters. The average Bonchev–Trinajstić information content (AvgIpc) is 3.43. The number of carbonyl (C=O) groups excluding carboxylic acids is 1. The van der Waals surface area contributed by atoms with Crippen LogP contribution in [0.1, 0.15) is 16.1 Å². The second-order valence-corrected chi connectivity index (χ2v) is 6.81. The fourth-order valence-corrected chi connectivity index (χ4v) is 3.36. The monoisotopic (exact) mass is 379 g/mol. The molecular weight excluding hydrogens is 362 g/mol. The smallest absolute Gasteiger partial charge is 0.357 e. The van der Waals surface area contributed by atoms with E-state index in [-0.39, 0.29) is 0 Å². The third-order valence-electron chi connectivity index (χ3n) is 3.95. The topological polar surface area (TPSA) is 74.8 Å². The van der Waals surface area contributed by atoms with Crippen molar-refractivity contribution in [3.05, 3.63) is 71.8 Å². The Morgan fingerprint density at radius 3 is 2.78 bits per heavy atom. The van der Waals surface area contributed by atoms with Crippen molar-refractivity contribution in [3.63, 3.8) is 0 Å². The van der Waals surface area contributed by atoms with Crippen molar-refractivity contribution in [2.45, 2.75) is 6.42 Å². The van der Waals surface area contributed by atoms with Crippen LogP contribution in [0.25, 0.3) is 16.3 Å². The number of benzene rings is 1. The van der Waals surface area contributed by atoms with Gasteiger partial charge < -0.3 is 4.74 Å². The average molecular weight is 379 g/mol. The predicted molar refractivity (Wildman–Crippen MR) is 102 cm³/mol. The molecule has 8 heteroatoms. The molecule has 0 fully saturated rings. The van der Waals surface area contributed by atoms with Crippen molar-refractivity contribution >= 4 is 17.3 Å². The maximum Gasteiger partial charge on any atom is 0.357 e. The van der Waals surface area contributed by atoms with Gasteiger partial charge >= 0.3 is 5.97 Å². The standard InChI is InChI=1S/C19H17N5O2S/c1-23-11-14(9-20-23)7-8-26-19(25)17-13-27-18(22-17)15-10-21-24(12-15)16-5-3-2-4-6-16/h2-6,9-13H,7-8H2,1H3. The minimum absolute atomic E-state index is 0.295. The van der Waals surface area contributed by atoms with Crippen LogP contribution in [-0.4, -0.2) is 37.1 Å². The first-order valence-electron chi connectivity index (χ1n) is 8.40. The molecule has 0 N–H and O–H groups in total. The lowest BCUT2D eigenvalue weighted by atomic mass is 10.3. The lowest BCUT2D eigenvalue weighted by molar-refractivity contribution is 0.0503. The van der Waals surface area contributed by atoms with Crippen LogP contribution in [0.5, 0.6) is 0 Å². The summed E-state index contributed by atoms with van der Waals surface area (Å²) in [6.07, 6.45) is 7.92. The first-order chi connectivity index (χ1) is 13.2. The highest BCUT2D eigenvalue weighted by molar-refractivity contribution is 7.13. The van der Waals surface area contributed by atoms with Gasteiger partial charge in [0.05, 0.1) is 24.7 Å². The summed E-state index contributed by atoms with van der Waals surface area (Å²) in [5, 5.41) is 10.9. The molecule has 3 aromatic heterocycles. The first kappa shape index (κ1) is 17.2. The van der Waals surface area contributed by atoms with Crippen LogP contribution in [-0.2, 0) is 18.2 Å². The molecule has 1 aromatic carbocycles. The van der Waals surface area contributed by atoms with Gasteiger partial charge in [0.25, 0.3) is 0 Å². The quantitative estimate of drug-likeness (QED) is 0.481. The molecule has 4 rings (SSSR count). The van der Waals surface area contributed by atoms with Gasteiger partial charge in [0, 0.05) is 36.8 Å². The summed E-state index contributed by atoms with van der Waals surface area (Å²) in [6, 6.07) is 9.83. The minimum Gasteiger partial charge on any atom is -0.461 e. The van der Waals surface area contributed by atoms with Crippen molar-refractivity contribution in [2.24, 2.45) is 7.05 Å². The van der Waals surface area contributed by atoms with Crippen molar-refractivity contribution < 1.29 is 9.53 Å².